The van der Waals surface area contributed by atoms with Gasteiger partial charge >= 0.3 is 0 Å². The normalized spacial score (nSPS) is 9.00. The molecule has 1 aromatic carbocycles. The number of anilines is 2. The Morgan fingerprint density at radius 2 is 2.00 bits per heavy atom. The lowest BCUT2D eigenvalue weighted by atomic mass is 10.3. The Morgan fingerprint density at radius 1 is 1.33 bits per heavy atom. The van der Waals surface area contributed by atoms with Crippen LogP contribution in [0.2, 0.25) is 0 Å². The van der Waals surface area contributed by atoms with E-state index in [0.717, 1.165) is 0 Å². The van der Waals surface area contributed by atoms with Gasteiger partial charge in [-0.15, -0.1) is 0 Å². The molecule has 0 atom stereocenters. The molecule has 0 radical (unpaired) electrons. The zero-order valence-electron chi connectivity index (χ0n) is 4.79. The predicted octanol–water partition coefficient (Wildman–Crippen LogP) is 1.18. The lowest BCUT2D eigenvalue weighted by Crippen LogP contribution is -1.91. The minimum atomic E-state index is 0.428. The molecule has 0 bridgehead atoms. The quantitative estimate of drug-likeness (QED) is 0.435. The molecule has 1 rings (SSSR count). The van der Waals surface area contributed by atoms with E-state index in [1.54, 1.807) is 29.7 Å². The molecular formula is C6H7N2O-. The second kappa shape index (κ2) is 2.37. The molecule has 0 spiro atoms. The van der Waals surface area contributed by atoms with E-state index in [1.165, 1.54) is 0 Å². The molecule has 3 heteroatoms. The summed E-state index contributed by atoms with van der Waals surface area (Å²) in [5.74, 6) is 0. The summed E-state index contributed by atoms with van der Waals surface area (Å²) in [6.07, 6.45) is 0. The van der Waals surface area contributed by atoms with E-state index in [9.17, 15) is 5.21 Å². The summed E-state index contributed by atoms with van der Waals surface area (Å²) >= 11 is 0. The lowest BCUT2D eigenvalue weighted by Gasteiger charge is -2.10. The number of rotatable bonds is 1. The van der Waals surface area contributed by atoms with E-state index in [2.05, 4.69) is 0 Å². The first-order valence-corrected chi connectivity index (χ1v) is 2.57. The third-order valence-electron chi connectivity index (χ3n) is 1.07. The summed E-state index contributed by atoms with van der Waals surface area (Å²) in [6, 6.07) is 6.81. The number of para-hydroxylation sites is 2. The van der Waals surface area contributed by atoms with Crippen molar-refractivity contribution in [2.24, 2.45) is 0 Å². The van der Waals surface area contributed by atoms with Crippen molar-refractivity contribution < 1.29 is 0 Å². The maximum absolute atomic E-state index is 10.0. The van der Waals surface area contributed by atoms with Gasteiger partial charge in [0.05, 0.1) is 5.69 Å². The Kier molecular flexibility index (Phi) is 1.55. The first-order chi connectivity index (χ1) is 4.34. The Morgan fingerprint density at radius 3 is 2.44 bits per heavy atom. The lowest BCUT2D eigenvalue weighted by molar-refractivity contribution is 1.60. The molecule has 0 fully saturated rings. The fourth-order valence-electron chi connectivity index (χ4n) is 0.590. The fraction of sp³-hybridized carbons (Fsp3) is 0. The van der Waals surface area contributed by atoms with Gasteiger partial charge in [-0.05, 0) is 12.1 Å². The van der Waals surface area contributed by atoms with E-state index in [-0.39, 0.29) is 0 Å². The van der Waals surface area contributed by atoms with Gasteiger partial charge in [-0.3, -0.25) is 0 Å². The van der Waals surface area contributed by atoms with Gasteiger partial charge in [-0.2, -0.15) is 0 Å². The Bertz CT molecular complexity index is 200. The second-order valence-corrected chi connectivity index (χ2v) is 1.69. The summed E-state index contributed by atoms with van der Waals surface area (Å²) in [7, 11) is 0. The third-order valence-corrected chi connectivity index (χ3v) is 1.07. The van der Waals surface area contributed by atoms with Crippen LogP contribution in [-0.4, -0.2) is 0 Å². The molecule has 3 N–H and O–H groups in total. The highest BCUT2D eigenvalue weighted by molar-refractivity contribution is 5.65. The number of nitrogen functional groups attached to an aromatic ring is 1. The molecule has 9 heavy (non-hydrogen) atoms. The number of hydrogen-bond donors (Lipinski definition) is 2. The van der Waals surface area contributed by atoms with Crippen LogP contribution < -0.4 is 11.2 Å². The van der Waals surface area contributed by atoms with E-state index < -0.39 is 0 Å². The summed E-state index contributed by atoms with van der Waals surface area (Å²) in [5.41, 5.74) is 8.00. The fourth-order valence-corrected chi connectivity index (χ4v) is 0.590. The van der Waals surface area contributed by atoms with Crippen LogP contribution in [0.15, 0.2) is 24.3 Å². The van der Waals surface area contributed by atoms with Crippen molar-refractivity contribution in [2.75, 3.05) is 11.2 Å². The van der Waals surface area contributed by atoms with Crippen molar-refractivity contribution >= 4 is 11.4 Å². The van der Waals surface area contributed by atoms with Crippen LogP contribution in [-0.2, 0) is 0 Å². The summed E-state index contributed by atoms with van der Waals surface area (Å²) < 4.78 is 0. The van der Waals surface area contributed by atoms with Gasteiger partial charge in [0.2, 0.25) is 0 Å². The smallest absolute Gasteiger partial charge is 0.0541 e. The van der Waals surface area contributed by atoms with E-state index in [1.807, 2.05) is 0 Å². The molecule has 0 aliphatic rings. The number of nitrogens with one attached hydrogen (secondary N) is 1. The molecule has 0 saturated carbocycles. The summed E-state index contributed by atoms with van der Waals surface area (Å²) in [4.78, 5) is 0. The van der Waals surface area contributed by atoms with Crippen molar-refractivity contribution in [3.63, 3.8) is 0 Å². The molecule has 0 amide bonds. The number of nitrogens with two attached hydrogens (primary N) is 1. The summed E-state index contributed by atoms with van der Waals surface area (Å²) in [6.45, 7) is 0. The summed E-state index contributed by atoms with van der Waals surface area (Å²) in [5, 5.41) is 10.0. The van der Waals surface area contributed by atoms with Gasteiger partial charge < -0.3 is 16.4 Å². The maximum Gasteiger partial charge on any atom is 0.0541 e. The largest absolute Gasteiger partial charge is 0.761 e. The van der Waals surface area contributed by atoms with Crippen LogP contribution in [0, 0.1) is 5.21 Å². The standard InChI is InChI=1S/C6H7N2O/c7-5-3-1-2-4-6(5)8-9/h1-4,8H,7H2/q-1. The molecule has 0 unspecified atom stereocenters. The Labute approximate surface area is 53.1 Å². The molecule has 3 nitrogen and oxygen atoms in total. The van der Waals surface area contributed by atoms with E-state index in [4.69, 9.17) is 5.73 Å². The van der Waals surface area contributed by atoms with E-state index >= 15 is 0 Å². The molecule has 0 aromatic heterocycles. The Hall–Kier alpha value is -1.22. The molecule has 1 aromatic rings. The van der Waals surface area contributed by atoms with Crippen LogP contribution in [0.4, 0.5) is 11.4 Å². The van der Waals surface area contributed by atoms with Crippen molar-refractivity contribution in [3.05, 3.63) is 29.5 Å². The molecule has 0 aliphatic heterocycles. The van der Waals surface area contributed by atoms with Gasteiger partial charge in [0.25, 0.3) is 0 Å². The Balaban J connectivity index is 3.01. The average Bonchev–Trinajstić information content (AvgIpc) is 1.89. The monoisotopic (exact) mass is 123 g/mol. The molecule has 0 heterocycles. The molecule has 0 aliphatic carbocycles. The number of hydrogen-bond acceptors (Lipinski definition) is 3. The second-order valence-electron chi connectivity index (χ2n) is 1.69. The zero-order chi connectivity index (χ0) is 6.69. The zero-order valence-corrected chi connectivity index (χ0v) is 4.79. The number of benzene rings is 1. The average molecular weight is 123 g/mol. The molecular weight excluding hydrogens is 116 g/mol. The first-order valence-electron chi connectivity index (χ1n) is 2.57. The topological polar surface area (TPSA) is 61.1 Å². The van der Waals surface area contributed by atoms with Crippen LogP contribution >= 0.6 is 0 Å². The van der Waals surface area contributed by atoms with Crippen LogP contribution in [0.25, 0.3) is 0 Å². The van der Waals surface area contributed by atoms with Gasteiger partial charge in [-0.25, -0.2) is 0 Å². The van der Waals surface area contributed by atoms with Crippen molar-refractivity contribution in [1.29, 1.82) is 0 Å². The molecule has 0 saturated heterocycles. The highest BCUT2D eigenvalue weighted by Gasteiger charge is 1.87. The van der Waals surface area contributed by atoms with Crippen LogP contribution in [0.5, 0.6) is 0 Å². The maximum atomic E-state index is 10.0. The highest BCUT2D eigenvalue weighted by Crippen LogP contribution is 2.14. The minimum Gasteiger partial charge on any atom is -0.761 e. The predicted molar refractivity (Wildman–Crippen MR) is 37.8 cm³/mol. The van der Waals surface area contributed by atoms with Crippen molar-refractivity contribution in [3.8, 4) is 0 Å². The van der Waals surface area contributed by atoms with Crippen LogP contribution in [0.3, 0.4) is 0 Å². The highest BCUT2D eigenvalue weighted by atomic mass is 16.5. The van der Waals surface area contributed by atoms with E-state index in [0.29, 0.717) is 11.4 Å². The SMILES string of the molecule is Nc1ccccc1N[O-]. The first kappa shape index (κ1) is 5.91. The van der Waals surface area contributed by atoms with Crippen molar-refractivity contribution in [1.82, 2.24) is 0 Å². The minimum absolute atomic E-state index is 0.428. The van der Waals surface area contributed by atoms with Gasteiger partial charge in [0.15, 0.2) is 0 Å². The van der Waals surface area contributed by atoms with Crippen LogP contribution in [0.1, 0.15) is 0 Å². The van der Waals surface area contributed by atoms with Gasteiger partial charge in [-0.1, -0.05) is 12.1 Å². The van der Waals surface area contributed by atoms with Gasteiger partial charge in [0, 0.05) is 5.69 Å². The van der Waals surface area contributed by atoms with Gasteiger partial charge in [0.1, 0.15) is 0 Å². The molecule has 48 valence electrons. The third kappa shape index (κ3) is 1.12. The van der Waals surface area contributed by atoms with Crippen molar-refractivity contribution in [2.45, 2.75) is 0 Å².